The quantitative estimate of drug-likeness (QED) is 0.633. The Kier molecular flexibility index (Phi) is 4.15. The third-order valence-corrected chi connectivity index (χ3v) is 5.91. The lowest BCUT2D eigenvalue weighted by Crippen LogP contribution is -2.17. The van der Waals surface area contributed by atoms with Crippen LogP contribution in [0.1, 0.15) is 24.1 Å². The fraction of sp³-hybridized carbons (Fsp3) is 0.400. The van der Waals surface area contributed by atoms with E-state index in [0.717, 1.165) is 5.69 Å². The van der Waals surface area contributed by atoms with Gasteiger partial charge >= 0.3 is 0 Å². The van der Waals surface area contributed by atoms with Gasteiger partial charge in [0.05, 0.1) is 23.2 Å². The van der Waals surface area contributed by atoms with Gasteiger partial charge in [-0.1, -0.05) is 6.07 Å². The van der Waals surface area contributed by atoms with E-state index in [2.05, 4.69) is 25.6 Å². The first kappa shape index (κ1) is 16.6. The summed E-state index contributed by atoms with van der Waals surface area (Å²) in [6.45, 7) is 1.97. The van der Waals surface area contributed by atoms with Crippen LogP contribution < -0.4 is 4.74 Å². The van der Waals surface area contributed by atoms with Crippen molar-refractivity contribution in [1.82, 2.24) is 35.0 Å². The average Bonchev–Trinajstić information content (AvgIpc) is 3.33. The van der Waals surface area contributed by atoms with Gasteiger partial charge < -0.3 is 4.74 Å². The molecular formula is C15H17N7O3S. The third kappa shape index (κ3) is 3.43. The molecule has 0 bridgehead atoms. The normalized spacial score (nSPS) is 18.9. The Morgan fingerprint density at radius 1 is 1.35 bits per heavy atom. The van der Waals surface area contributed by atoms with Crippen LogP contribution in [0, 0.1) is 6.92 Å². The van der Waals surface area contributed by atoms with Crippen molar-refractivity contribution in [2.75, 3.05) is 11.5 Å². The second kappa shape index (κ2) is 6.48. The molecule has 0 radical (unpaired) electrons. The molecule has 0 aliphatic carbocycles. The van der Waals surface area contributed by atoms with Gasteiger partial charge in [0, 0.05) is 6.07 Å². The zero-order chi connectivity index (χ0) is 18.1. The summed E-state index contributed by atoms with van der Waals surface area (Å²) in [6, 6.07) is 7.14. The maximum absolute atomic E-state index is 11.8. The highest BCUT2D eigenvalue weighted by atomic mass is 32.2. The molecule has 0 saturated carbocycles. The summed E-state index contributed by atoms with van der Waals surface area (Å²) in [7, 11) is -3.00. The average molecular weight is 375 g/mol. The highest BCUT2D eigenvalue weighted by Crippen LogP contribution is 2.25. The van der Waals surface area contributed by atoms with Gasteiger partial charge in [-0.15, -0.1) is 5.10 Å². The maximum atomic E-state index is 11.8. The number of sulfone groups is 1. The summed E-state index contributed by atoms with van der Waals surface area (Å²) in [5.41, 5.74) is 0.770. The number of aromatic nitrogens is 7. The minimum Gasteiger partial charge on any atom is -0.486 e. The first-order valence-corrected chi connectivity index (χ1v) is 9.91. The largest absolute Gasteiger partial charge is 0.486 e. The Morgan fingerprint density at radius 2 is 2.23 bits per heavy atom. The van der Waals surface area contributed by atoms with E-state index in [1.807, 2.05) is 24.3 Å². The minimum atomic E-state index is -3.00. The number of aryl methyl sites for hydroxylation is 1. The Hall–Kier alpha value is -2.82. The summed E-state index contributed by atoms with van der Waals surface area (Å²) in [6.07, 6.45) is 2.05. The summed E-state index contributed by atoms with van der Waals surface area (Å²) >= 11 is 0. The van der Waals surface area contributed by atoms with Gasteiger partial charge in [-0.25, -0.2) is 22.8 Å². The summed E-state index contributed by atoms with van der Waals surface area (Å²) in [5.74, 6) is 2.11. The molecule has 10 nitrogen and oxygen atoms in total. The van der Waals surface area contributed by atoms with Crippen LogP contribution in [0.25, 0.3) is 5.69 Å². The predicted molar refractivity (Wildman–Crippen MR) is 90.6 cm³/mol. The van der Waals surface area contributed by atoms with Gasteiger partial charge in [0.25, 0.3) is 0 Å². The van der Waals surface area contributed by atoms with E-state index in [-0.39, 0.29) is 24.2 Å². The van der Waals surface area contributed by atoms with Crippen LogP contribution in [0.4, 0.5) is 0 Å². The number of benzene rings is 1. The predicted octanol–water partition coefficient (Wildman–Crippen LogP) is 0.501. The van der Waals surface area contributed by atoms with Crippen molar-refractivity contribution in [2.45, 2.75) is 26.0 Å². The first-order valence-electron chi connectivity index (χ1n) is 8.09. The standard InChI is InChI=1S/C15H17N7O3S/c1-11-17-15(22(18-11)13-5-6-26(23,24)9-13)8-25-14-4-2-3-12(7-14)21-10-16-19-20-21/h2-4,7,10,13H,5-6,8-9H2,1H3/t13-/m1/s1. The van der Waals surface area contributed by atoms with Crippen LogP contribution in [-0.2, 0) is 16.4 Å². The molecule has 26 heavy (non-hydrogen) atoms. The van der Waals surface area contributed by atoms with E-state index in [1.54, 1.807) is 11.6 Å². The Bertz CT molecular complexity index is 1010. The minimum absolute atomic E-state index is 0.0948. The van der Waals surface area contributed by atoms with Gasteiger partial charge in [0.2, 0.25) is 0 Å². The lowest BCUT2D eigenvalue weighted by atomic mass is 10.3. The monoisotopic (exact) mass is 375 g/mol. The molecule has 1 fully saturated rings. The second-order valence-corrected chi connectivity index (χ2v) is 8.35. The third-order valence-electron chi connectivity index (χ3n) is 4.16. The number of ether oxygens (including phenoxy) is 1. The molecule has 0 amide bonds. The molecule has 136 valence electrons. The molecule has 0 spiro atoms. The summed E-state index contributed by atoms with van der Waals surface area (Å²) in [5, 5.41) is 15.4. The van der Waals surface area contributed by atoms with Crippen molar-refractivity contribution >= 4 is 9.84 Å². The van der Waals surface area contributed by atoms with Crippen molar-refractivity contribution < 1.29 is 13.2 Å². The Balaban J connectivity index is 1.51. The van der Waals surface area contributed by atoms with Crippen LogP contribution in [0.2, 0.25) is 0 Å². The SMILES string of the molecule is Cc1nc(COc2cccc(-n3cnnn3)c2)n([C@@H]2CCS(=O)(=O)C2)n1. The Labute approximate surface area is 149 Å². The molecule has 3 aromatic rings. The van der Waals surface area contributed by atoms with E-state index in [1.165, 1.54) is 11.0 Å². The number of nitrogens with zero attached hydrogens (tertiary/aromatic N) is 7. The fourth-order valence-electron chi connectivity index (χ4n) is 2.98. The van der Waals surface area contributed by atoms with Crippen molar-refractivity contribution in [1.29, 1.82) is 0 Å². The van der Waals surface area contributed by atoms with Crippen molar-refractivity contribution in [2.24, 2.45) is 0 Å². The first-order chi connectivity index (χ1) is 12.5. The van der Waals surface area contributed by atoms with Gasteiger partial charge in [0.1, 0.15) is 24.5 Å². The topological polar surface area (TPSA) is 118 Å². The molecule has 1 aliphatic heterocycles. The molecule has 3 heterocycles. The van der Waals surface area contributed by atoms with Gasteiger partial charge in [-0.05, 0) is 35.9 Å². The fourth-order valence-corrected chi connectivity index (χ4v) is 4.67. The Morgan fingerprint density at radius 3 is 2.96 bits per heavy atom. The van der Waals surface area contributed by atoms with Crippen LogP contribution in [0.15, 0.2) is 30.6 Å². The number of rotatable bonds is 5. The van der Waals surface area contributed by atoms with E-state index >= 15 is 0 Å². The zero-order valence-electron chi connectivity index (χ0n) is 14.1. The summed E-state index contributed by atoms with van der Waals surface area (Å²) < 4.78 is 32.6. The molecule has 0 N–H and O–H groups in total. The van der Waals surface area contributed by atoms with Gasteiger partial charge in [-0.2, -0.15) is 5.10 Å². The van der Waals surface area contributed by atoms with Crippen LogP contribution >= 0.6 is 0 Å². The molecule has 1 aromatic carbocycles. The molecule has 1 saturated heterocycles. The molecule has 1 atom stereocenters. The van der Waals surface area contributed by atoms with Crippen molar-refractivity contribution in [3.63, 3.8) is 0 Å². The number of hydrogen-bond donors (Lipinski definition) is 0. The smallest absolute Gasteiger partial charge is 0.165 e. The van der Waals surface area contributed by atoms with E-state index in [4.69, 9.17) is 4.74 Å². The molecule has 2 aromatic heterocycles. The van der Waals surface area contributed by atoms with Gasteiger partial charge in [0.15, 0.2) is 15.7 Å². The van der Waals surface area contributed by atoms with E-state index < -0.39 is 9.84 Å². The van der Waals surface area contributed by atoms with E-state index in [0.29, 0.717) is 23.8 Å². The highest BCUT2D eigenvalue weighted by Gasteiger charge is 2.31. The lowest BCUT2D eigenvalue weighted by molar-refractivity contribution is 0.281. The zero-order valence-corrected chi connectivity index (χ0v) is 14.9. The molecular weight excluding hydrogens is 358 g/mol. The molecule has 11 heteroatoms. The highest BCUT2D eigenvalue weighted by molar-refractivity contribution is 7.91. The van der Waals surface area contributed by atoms with Gasteiger partial charge in [-0.3, -0.25) is 0 Å². The molecule has 4 rings (SSSR count). The maximum Gasteiger partial charge on any atom is 0.165 e. The van der Waals surface area contributed by atoms with Crippen LogP contribution in [0.3, 0.4) is 0 Å². The van der Waals surface area contributed by atoms with Crippen LogP contribution in [0.5, 0.6) is 5.75 Å². The van der Waals surface area contributed by atoms with Crippen molar-refractivity contribution in [3.05, 3.63) is 42.2 Å². The number of hydrogen-bond acceptors (Lipinski definition) is 8. The second-order valence-electron chi connectivity index (χ2n) is 6.12. The molecule has 0 unspecified atom stereocenters. The summed E-state index contributed by atoms with van der Waals surface area (Å²) in [4.78, 5) is 4.38. The number of tetrazole rings is 1. The molecule has 1 aliphatic rings. The van der Waals surface area contributed by atoms with Crippen LogP contribution in [-0.4, -0.2) is 54.9 Å². The lowest BCUT2D eigenvalue weighted by Gasteiger charge is -2.12. The van der Waals surface area contributed by atoms with Crippen molar-refractivity contribution in [3.8, 4) is 11.4 Å². The van der Waals surface area contributed by atoms with E-state index in [9.17, 15) is 8.42 Å².